The molecule has 5 unspecified atom stereocenters. The lowest BCUT2D eigenvalue weighted by molar-refractivity contribution is -0.142. The number of carbonyl (C=O) groups is 3. The van der Waals surface area contributed by atoms with E-state index in [4.69, 9.17) is 4.74 Å². The predicted molar refractivity (Wildman–Crippen MR) is 139 cm³/mol. The molecule has 10 heteroatoms. The minimum Gasteiger partial charge on any atom is -0.369 e. The number of likely N-dealkylation sites (N-methyl/N-ethyl adjacent to an activating group) is 1. The van der Waals surface area contributed by atoms with Crippen molar-refractivity contribution in [3.8, 4) is 0 Å². The third kappa shape index (κ3) is 6.78. The average molecular weight is 520 g/mol. The van der Waals surface area contributed by atoms with E-state index in [0.717, 1.165) is 5.56 Å². The first kappa shape index (κ1) is 28.8. The van der Waals surface area contributed by atoms with E-state index >= 15 is 0 Å². The van der Waals surface area contributed by atoms with Crippen molar-refractivity contribution in [2.75, 3.05) is 20.1 Å². The van der Waals surface area contributed by atoms with Gasteiger partial charge in [0, 0.05) is 12.6 Å². The maximum absolute atomic E-state index is 14.0. The molecular formula is C27H42FN5O4. The highest BCUT2D eigenvalue weighted by atomic mass is 19.1. The largest absolute Gasteiger partial charge is 0.369 e. The van der Waals surface area contributed by atoms with Gasteiger partial charge in [0.25, 0.3) is 0 Å². The van der Waals surface area contributed by atoms with E-state index in [-0.39, 0.29) is 48.4 Å². The van der Waals surface area contributed by atoms with Crippen molar-refractivity contribution in [2.24, 2.45) is 5.41 Å². The summed E-state index contributed by atoms with van der Waals surface area (Å²) in [5.41, 5.74) is 0.274. The molecule has 1 aromatic rings. The summed E-state index contributed by atoms with van der Waals surface area (Å²) < 4.78 is 19.6. The van der Waals surface area contributed by atoms with Crippen LogP contribution in [0.3, 0.4) is 0 Å². The molecular weight excluding hydrogens is 477 g/mol. The Bertz CT molecular complexity index is 965. The van der Waals surface area contributed by atoms with Gasteiger partial charge in [-0.3, -0.25) is 9.59 Å². The van der Waals surface area contributed by atoms with Crippen LogP contribution in [0.1, 0.15) is 53.5 Å². The first-order valence-electron chi connectivity index (χ1n) is 13.0. The van der Waals surface area contributed by atoms with E-state index in [0.29, 0.717) is 19.5 Å². The molecule has 2 aliphatic heterocycles. The van der Waals surface area contributed by atoms with Crippen LogP contribution in [-0.2, 0) is 20.9 Å². The van der Waals surface area contributed by atoms with Gasteiger partial charge in [-0.05, 0) is 57.4 Å². The first-order valence-corrected chi connectivity index (χ1v) is 13.0. The number of benzene rings is 1. The monoisotopic (exact) mass is 519 g/mol. The van der Waals surface area contributed by atoms with Crippen LogP contribution in [0.2, 0.25) is 0 Å². The molecule has 0 aromatic heterocycles. The normalized spacial score (nSPS) is 23.1. The van der Waals surface area contributed by atoms with Crippen molar-refractivity contribution in [1.82, 2.24) is 25.8 Å². The molecule has 2 aliphatic rings. The van der Waals surface area contributed by atoms with Gasteiger partial charge in [-0.2, -0.15) is 0 Å². The number of hydrogen-bond acceptors (Lipinski definition) is 5. The zero-order chi connectivity index (χ0) is 27.5. The maximum Gasteiger partial charge on any atom is 0.318 e. The molecule has 206 valence electrons. The number of halogens is 1. The summed E-state index contributed by atoms with van der Waals surface area (Å²) >= 11 is 0. The molecule has 3 N–H and O–H groups in total. The summed E-state index contributed by atoms with van der Waals surface area (Å²) in [5, 5.41) is 8.81. The van der Waals surface area contributed by atoms with Crippen molar-refractivity contribution in [2.45, 2.75) is 90.9 Å². The van der Waals surface area contributed by atoms with Crippen LogP contribution in [0, 0.1) is 11.2 Å². The Morgan fingerprint density at radius 3 is 2.30 bits per heavy atom. The summed E-state index contributed by atoms with van der Waals surface area (Å²) in [6.07, 6.45) is 0.197. The Labute approximate surface area is 219 Å². The molecule has 0 bridgehead atoms. The smallest absolute Gasteiger partial charge is 0.318 e. The molecule has 2 heterocycles. The number of fused-ring (bicyclic) bond motifs is 1. The van der Waals surface area contributed by atoms with Gasteiger partial charge in [-0.15, -0.1) is 0 Å². The summed E-state index contributed by atoms with van der Waals surface area (Å²) in [6, 6.07) is 4.13. The van der Waals surface area contributed by atoms with Crippen molar-refractivity contribution in [1.29, 1.82) is 0 Å². The van der Waals surface area contributed by atoms with Crippen LogP contribution >= 0.6 is 0 Å². The van der Waals surface area contributed by atoms with Gasteiger partial charge >= 0.3 is 6.03 Å². The van der Waals surface area contributed by atoms with Crippen molar-refractivity contribution in [3.05, 3.63) is 35.6 Å². The highest BCUT2D eigenvalue weighted by Crippen LogP contribution is 2.36. The number of likely N-dealkylation sites (tertiary alicyclic amines) is 2. The number of amides is 4. The number of rotatable bonds is 8. The van der Waals surface area contributed by atoms with E-state index in [1.54, 1.807) is 35.9 Å². The Kier molecular flexibility index (Phi) is 9.18. The van der Waals surface area contributed by atoms with Crippen molar-refractivity contribution >= 4 is 17.8 Å². The fourth-order valence-corrected chi connectivity index (χ4v) is 4.99. The number of ether oxygens (including phenoxy) is 1. The molecule has 0 saturated carbocycles. The summed E-state index contributed by atoms with van der Waals surface area (Å²) in [6.45, 7) is 12.3. The van der Waals surface area contributed by atoms with Gasteiger partial charge in [0.1, 0.15) is 11.9 Å². The number of hydrogen-bond donors (Lipinski definition) is 3. The lowest BCUT2D eigenvalue weighted by atomic mass is 9.85. The fourth-order valence-electron chi connectivity index (χ4n) is 4.99. The van der Waals surface area contributed by atoms with E-state index in [1.807, 2.05) is 34.6 Å². The topological polar surface area (TPSA) is 103 Å². The van der Waals surface area contributed by atoms with E-state index < -0.39 is 23.6 Å². The van der Waals surface area contributed by atoms with Gasteiger partial charge in [-0.1, -0.05) is 32.9 Å². The molecule has 0 radical (unpaired) electrons. The van der Waals surface area contributed by atoms with Crippen LogP contribution in [0.25, 0.3) is 0 Å². The van der Waals surface area contributed by atoms with Crippen LogP contribution in [-0.4, -0.2) is 84.1 Å². The molecule has 2 fully saturated rings. The third-order valence-corrected chi connectivity index (χ3v) is 7.14. The zero-order valence-electron chi connectivity index (χ0n) is 23.0. The van der Waals surface area contributed by atoms with Crippen LogP contribution in [0.5, 0.6) is 0 Å². The van der Waals surface area contributed by atoms with Crippen molar-refractivity contribution in [3.63, 3.8) is 0 Å². The first-order chi connectivity index (χ1) is 17.3. The van der Waals surface area contributed by atoms with Gasteiger partial charge in [0.2, 0.25) is 11.8 Å². The Morgan fingerprint density at radius 1 is 1.08 bits per heavy atom. The Morgan fingerprint density at radius 2 is 1.73 bits per heavy atom. The molecule has 37 heavy (non-hydrogen) atoms. The van der Waals surface area contributed by atoms with Crippen LogP contribution in [0.4, 0.5) is 9.18 Å². The SMILES string of the molecule is CNC(C)C(=O)NC(C(=O)N1CCC2C1C(OCc1ccc(F)cc1)CN2C(=O)NC(C)C)C(C)(C)C. The fraction of sp³-hybridized carbons (Fsp3) is 0.667. The lowest BCUT2D eigenvalue weighted by Crippen LogP contribution is -2.59. The second-order valence-electron chi connectivity index (χ2n) is 11.4. The average Bonchev–Trinajstić information content (AvgIpc) is 3.41. The highest BCUT2D eigenvalue weighted by Gasteiger charge is 2.54. The lowest BCUT2D eigenvalue weighted by Gasteiger charge is -2.37. The quantitative estimate of drug-likeness (QED) is 0.489. The maximum atomic E-state index is 14.0. The molecule has 1 aromatic carbocycles. The summed E-state index contributed by atoms with van der Waals surface area (Å²) in [7, 11) is 1.70. The molecule has 4 amide bonds. The molecule has 2 saturated heterocycles. The second kappa shape index (κ2) is 11.8. The minimum absolute atomic E-state index is 0.0288. The van der Waals surface area contributed by atoms with Gasteiger partial charge in [0.05, 0.1) is 37.4 Å². The van der Waals surface area contributed by atoms with E-state index in [2.05, 4.69) is 16.0 Å². The number of nitrogens with zero attached hydrogens (tertiary/aromatic N) is 2. The zero-order valence-corrected chi connectivity index (χ0v) is 23.0. The van der Waals surface area contributed by atoms with Crippen LogP contribution in [0.15, 0.2) is 24.3 Å². The number of urea groups is 1. The van der Waals surface area contributed by atoms with Gasteiger partial charge in [0.15, 0.2) is 0 Å². The second-order valence-corrected chi connectivity index (χ2v) is 11.4. The van der Waals surface area contributed by atoms with E-state index in [9.17, 15) is 18.8 Å². The molecule has 0 spiro atoms. The third-order valence-electron chi connectivity index (χ3n) is 7.14. The minimum atomic E-state index is -0.745. The molecule has 5 atom stereocenters. The van der Waals surface area contributed by atoms with Crippen LogP contribution < -0.4 is 16.0 Å². The summed E-state index contributed by atoms with van der Waals surface area (Å²) in [5.74, 6) is -0.755. The van der Waals surface area contributed by atoms with Crippen molar-refractivity contribution < 1.29 is 23.5 Å². The van der Waals surface area contributed by atoms with Gasteiger partial charge in [-0.25, -0.2) is 9.18 Å². The number of nitrogens with one attached hydrogen (secondary N) is 3. The van der Waals surface area contributed by atoms with E-state index in [1.165, 1.54) is 12.1 Å². The highest BCUT2D eigenvalue weighted by molar-refractivity contribution is 5.90. The number of carbonyl (C=O) groups excluding carboxylic acids is 3. The molecule has 0 aliphatic carbocycles. The standard InChI is InChI=1S/C27H42FN5O4/c1-16(2)30-26(36)33-14-21(37-15-18-8-10-19(28)11-9-18)22-20(33)12-13-32(22)25(35)23(27(4,5)6)31-24(34)17(3)29-7/h8-11,16-17,20-23,29H,12-15H2,1-7H3,(H,30,36)(H,31,34). The predicted octanol–water partition coefficient (Wildman–Crippen LogP) is 2.25. The summed E-state index contributed by atoms with van der Waals surface area (Å²) in [4.78, 5) is 43.3. The Hall–Kier alpha value is -2.72. The Balaban J connectivity index is 1.85. The molecule has 9 nitrogen and oxygen atoms in total. The molecule has 3 rings (SSSR count). The van der Waals surface area contributed by atoms with Gasteiger partial charge < -0.3 is 30.5 Å².